The fourth-order valence-electron chi connectivity index (χ4n) is 2.13. The Morgan fingerprint density at radius 3 is 2.96 bits per heavy atom. The Hall–Kier alpha value is -2.03. The summed E-state index contributed by atoms with van der Waals surface area (Å²) in [7, 11) is 0. The van der Waals surface area contributed by atoms with Crippen LogP contribution in [0.3, 0.4) is 0 Å². The van der Waals surface area contributed by atoms with Crippen LogP contribution < -0.4 is 10.9 Å². The van der Waals surface area contributed by atoms with E-state index in [-0.39, 0.29) is 17.1 Å². The molecular formula is C15H14ClFN4O2S. The van der Waals surface area contributed by atoms with E-state index in [4.69, 9.17) is 11.6 Å². The van der Waals surface area contributed by atoms with Gasteiger partial charge in [-0.15, -0.1) is 5.10 Å². The van der Waals surface area contributed by atoms with Crippen molar-refractivity contribution in [3.63, 3.8) is 0 Å². The zero-order valence-corrected chi connectivity index (χ0v) is 14.2. The quantitative estimate of drug-likeness (QED) is 0.723. The van der Waals surface area contributed by atoms with E-state index in [0.717, 1.165) is 0 Å². The predicted octanol–water partition coefficient (Wildman–Crippen LogP) is 2.65. The molecule has 126 valence electrons. The molecule has 0 amide bonds. The molecule has 1 aromatic carbocycles. The van der Waals surface area contributed by atoms with Crippen LogP contribution in [0.4, 0.5) is 9.52 Å². The molecule has 1 unspecified atom stereocenters. The molecule has 9 heteroatoms. The average Bonchev–Trinajstić information content (AvgIpc) is 2.98. The lowest BCUT2D eigenvalue weighted by Gasteiger charge is -2.11. The Kier molecular flexibility index (Phi) is 4.79. The average molecular weight is 369 g/mol. The molecule has 0 fully saturated rings. The number of nitrogens with zero attached hydrogens (tertiary/aromatic N) is 3. The monoisotopic (exact) mass is 368 g/mol. The molecular weight excluding hydrogens is 355 g/mol. The summed E-state index contributed by atoms with van der Waals surface area (Å²) in [5, 5.41) is 17.6. The first-order valence-corrected chi connectivity index (χ1v) is 8.44. The van der Waals surface area contributed by atoms with Gasteiger partial charge in [0.2, 0.25) is 10.1 Å². The molecule has 2 N–H and O–H groups in total. The van der Waals surface area contributed by atoms with Gasteiger partial charge in [0.25, 0.3) is 5.56 Å². The number of nitrogens with one attached hydrogen (secondary N) is 1. The third kappa shape index (κ3) is 3.40. The van der Waals surface area contributed by atoms with Gasteiger partial charge in [-0.05, 0) is 24.1 Å². The highest BCUT2D eigenvalue weighted by molar-refractivity contribution is 7.20. The summed E-state index contributed by atoms with van der Waals surface area (Å²) in [5.74, 6) is -0.587. The van der Waals surface area contributed by atoms with Gasteiger partial charge in [-0.3, -0.25) is 4.79 Å². The van der Waals surface area contributed by atoms with E-state index in [1.807, 2.05) is 6.92 Å². The minimum absolute atomic E-state index is 0.00209. The zero-order chi connectivity index (χ0) is 17.3. The topological polar surface area (TPSA) is 79.5 Å². The largest absolute Gasteiger partial charge is 0.387 e. The Balaban J connectivity index is 1.76. The third-order valence-corrected chi connectivity index (χ3v) is 4.61. The first-order valence-electron chi connectivity index (χ1n) is 7.24. The van der Waals surface area contributed by atoms with Crippen molar-refractivity contribution >= 4 is 33.0 Å². The number of aryl methyl sites for hydroxylation is 1. The molecule has 2 heterocycles. The zero-order valence-electron chi connectivity index (χ0n) is 12.7. The lowest BCUT2D eigenvalue weighted by molar-refractivity contribution is 0.191. The van der Waals surface area contributed by atoms with E-state index in [0.29, 0.717) is 27.8 Å². The maximum absolute atomic E-state index is 13.4. The van der Waals surface area contributed by atoms with Crippen LogP contribution in [0.1, 0.15) is 24.3 Å². The maximum atomic E-state index is 13.4. The molecule has 0 radical (unpaired) electrons. The summed E-state index contributed by atoms with van der Waals surface area (Å²) in [4.78, 5) is 16.8. The summed E-state index contributed by atoms with van der Waals surface area (Å²) < 4.78 is 14.6. The van der Waals surface area contributed by atoms with Gasteiger partial charge in [0.15, 0.2) is 0 Å². The molecule has 0 bridgehead atoms. The van der Waals surface area contributed by atoms with Crippen molar-refractivity contribution in [2.24, 2.45) is 0 Å². The van der Waals surface area contributed by atoms with Gasteiger partial charge >= 0.3 is 0 Å². The normalized spacial score (nSPS) is 12.5. The van der Waals surface area contributed by atoms with Gasteiger partial charge < -0.3 is 10.4 Å². The number of hydrogen-bond acceptors (Lipinski definition) is 6. The van der Waals surface area contributed by atoms with Crippen LogP contribution in [-0.2, 0) is 6.42 Å². The Morgan fingerprint density at radius 1 is 1.46 bits per heavy atom. The Labute approximate surface area is 145 Å². The van der Waals surface area contributed by atoms with E-state index in [1.165, 1.54) is 34.1 Å². The number of fused-ring (bicyclic) bond motifs is 1. The van der Waals surface area contributed by atoms with Gasteiger partial charge in [-0.25, -0.2) is 9.37 Å². The van der Waals surface area contributed by atoms with E-state index in [9.17, 15) is 14.3 Å². The number of aromatic nitrogens is 3. The van der Waals surface area contributed by atoms with Crippen LogP contribution in [-0.4, -0.2) is 26.2 Å². The highest BCUT2D eigenvalue weighted by Gasteiger charge is 2.13. The highest BCUT2D eigenvalue weighted by atomic mass is 35.5. The smallest absolute Gasteiger partial charge is 0.275 e. The van der Waals surface area contributed by atoms with Crippen LogP contribution in [0.5, 0.6) is 0 Å². The van der Waals surface area contributed by atoms with E-state index < -0.39 is 11.9 Å². The molecule has 3 rings (SSSR count). The molecule has 6 nitrogen and oxygen atoms in total. The van der Waals surface area contributed by atoms with Crippen molar-refractivity contribution in [3.05, 3.63) is 56.7 Å². The predicted molar refractivity (Wildman–Crippen MR) is 91.4 cm³/mol. The molecule has 0 saturated carbocycles. The Morgan fingerprint density at radius 2 is 2.25 bits per heavy atom. The first-order chi connectivity index (χ1) is 11.5. The second kappa shape index (κ2) is 6.84. The number of rotatable bonds is 5. The van der Waals surface area contributed by atoms with Crippen molar-refractivity contribution in [3.8, 4) is 0 Å². The first kappa shape index (κ1) is 16.8. The molecule has 3 aromatic rings. The van der Waals surface area contributed by atoms with Crippen molar-refractivity contribution < 1.29 is 9.50 Å². The molecule has 1 atom stereocenters. The van der Waals surface area contributed by atoms with Gasteiger partial charge in [0.1, 0.15) is 5.82 Å². The summed E-state index contributed by atoms with van der Waals surface area (Å²) in [6, 6.07) is 5.58. The number of halogens is 2. The summed E-state index contributed by atoms with van der Waals surface area (Å²) >= 11 is 6.83. The van der Waals surface area contributed by atoms with Crippen LogP contribution in [0, 0.1) is 5.82 Å². The maximum Gasteiger partial charge on any atom is 0.275 e. The standard InChI is InChI=1S/C15H14ClFN4O2S/c1-2-9-6-13(23)21-15(19-9)24-14(20-21)18-7-12(22)8-3-4-10(16)11(17)5-8/h3-6,12,22H,2,7H2,1H3,(H,18,20). The molecule has 0 aliphatic carbocycles. The van der Waals surface area contributed by atoms with E-state index in [2.05, 4.69) is 15.4 Å². The second-order valence-electron chi connectivity index (χ2n) is 5.11. The molecule has 0 aliphatic rings. The SMILES string of the molecule is CCc1cc(=O)n2nc(NCC(O)c3ccc(Cl)c(F)c3)sc2n1. The minimum atomic E-state index is -0.945. The fourth-order valence-corrected chi connectivity index (χ4v) is 3.08. The van der Waals surface area contributed by atoms with E-state index in [1.54, 1.807) is 6.07 Å². The summed E-state index contributed by atoms with van der Waals surface area (Å²) in [5.41, 5.74) is 0.849. The summed E-state index contributed by atoms with van der Waals surface area (Å²) in [6.07, 6.45) is -0.285. The van der Waals surface area contributed by atoms with Gasteiger partial charge in [-0.1, -0.05) is 35.9 Å². The van der Waals surface area contributed by atoms with Crippen LogP contribution in [0.15, 0.2) is 29.1 Å². The van der Waals surface area contributed by atoms with Gasteiger partial charge in [0, 0.05) is 18.3 Å². The van der Waals surface area contributed by atoms with E-state index >= 15 is 0 Å². The molecule has 0 saturated heterocycles. The molecule has 0 aliphatic heterocycles. The van der Waals surface area contributed by atoms with Crippen LogP contribution >= 0.6 is 22.9 Å². The summed E-state index contributed by atoms with van der Waals surface area (Å²) in [6.45, 7) is 2.02. The highest BCUT2D eigenvalue weighted by Crippen LogP contribution is 2.22. The number of aliphatic hydroxyl groups excluding tert-OH is 1. The van der Waals surface area contributed by atoms with Crippen molar-refractivity contribution in [1.29, 1.82) is 0 Å². The fraction of sp³-hybridized carbons (Fsp3) is 0.267. The van der Waals surface area contributed by atoms with Gasteiger partial charge in [0.05, 0.1) is 11.1 Å². The lowest BCUT2D eigenvalue weighted by atomic mass is 10.1. The number of benzene rings is 1. The molecule has 0 spiro atoms. The van der Waals surface area contributed by atoms with Gasteiger partial charge in [-0.2, -0.15) is 4.52 Å². The number of hydrogen-bond donors (Lipinski definition) is 2. The van der Waals surface area contributed by atoms with Crippen molar-refractivity contribution in [2.75, 3.05) is 11.9 Å². The van der Waals surface area contributed by atoms with Crippen molar-refractivity contribution in [2.45, 2.75) is 19.4 Å². The molecule has 24 heavy (non-hydrogen) atoms. The van der Waals surface area contributed by atoms with Crippen LogP contribution in [0.25, 0.3) is 4.96 Å². The number of aliphatic hydroxyl groups is 1. The van der Waals surface area contributed by atoms with Crippen LogP contribution in [0.2, 0.25) is 5.02 Å². The third-order valence-electron chi connectivity index (χ3n) is 3.44. The van der Waals surface area contributed by atoms with Crippen molar-refractivity contribution in [1.82, 2.24) is 14.6 Å². The molecule has 2 aromatic heterocycles. The minimum Gasteiger partial charge on any atom is -0.387 e. The second-order valence-corrected chi connectivity index (χ2v) is 6.47. The Bertz CT molecular complexity index is 943. The lowest BCUT2D eigenvalue weighted by Crippen LogP contribution is -2.16. The number of anilines is 1.